The third-order valence-corrected chi connectivity index (χ3v) is 4.15. The van der Waals surface area contributed by atoms with Gasteiger partial charge in [0.05, 0.1) is 0 Å². The highest BCUT2D eigenvalue weighted by molar-refractivity contribution is 8.00. The Morgan fingerprint density at radius 2 is 2.26 bits per heavy atom. The van der Waals surface area contributed by atoms with Crippen LogP contribution in [0.3, 0.4) is 0 Å². The molecule has 0 saturated heterocycles. The van der Waals surface area contributed by atoms with Gasteiger partial charge in [0, 0.05) is 23.3 Å². The van der Waals surface area contributed by atoms with E-state index < -0.39 is 0 Å². The molecular formula is C15H18N2OS. The molecule has 0 bridgehead atoms. The summed E-state index contributed by atoms with van der Waals surface area (Å²) in [5.74, 6) is 0.301. The van der Waals surface area contributed by atoms with Crippen molar-refractivity contribution in [3.63, 3.8) is 0 Å². The molecular weight excluding hydrogens is 256 g/mol. The molecule has 0 spiro atoms. The van der Waals surface area contributed by atoms with Crippen LogP contribution in [0.25, 0.3) is 0 Å². The predicted octanol–water partition coefficient (Wildman–Crippen LogP) is 3.47. The Bertz CT molecular complexity index is 549. The molecule has 0 aromatic heterocycles. The number of fused-ring (bicyclic) bond motifs is 1. The molecule has 1 heterocycles. The van der Waals surface area contributed by atoms with E-state index in [-0.39, 0.29) is 5.37 Å². The summed E-state index contributed by atoms with van der Waals surface area (Å²) >= 11 is 1.70. The zero-order valence-corrected chi connectivity index (χ0v) is 11.9. The minimum absolute atomic E-state index is 0.169. The summed E-state index contributed by atoms with van der Waals surface area (Å²) in [4.78, 5) is 1.07. The first-order chi connectivity index (χ1) is 9.13. The lowest BCUT2D eigenvalue weighted by atomic mass is 10.2. The highest BCUT2D eigenvalue weighted by Crippen LogP contribution is 2.42. The van der Waals surface area contributed by atoms with Crippen LogP contribution in [0.1, 0.15) is 6.92 Å². The number of rotatable bonds is 4. The molecule has 19 heavy (non-hydrogen) atoms. The van der Waals surface area contributed by atoms with Gasteiger partial charge in [-0.3, -0.25) is 0 Å². The van der Waals surface area contributed by atoms with Gasteiger partial charge in [0.25, 0.3) is 0 Å². The van der Waals surface area contributed by atoms with Crippen LogP contribution in [0, 0.1) is 0 Å². The molecule has 1 aliphatic rings. The summed E-state index contributed by atoms with van der Waals surface area (Å²) in [6.07, 6.45) is 6.09. The van der Waals surface area contributed by atoms with E-state index in [0.29, 0.717) is 5.75 Å². The van der Waals surface area contributed by atoms with Crippen LogP contribution in [0.5, 0.6) is 5.75 Å². The molecule has 3 N–H and O–H groups in total. The van der Waals surface area contributed by atoms with Gasteiger partial charge >= 0.3 is 0 Å². The van der Waals surface area contributed by atoms with Crippen molar-refractivity contribution in [1.29, 1.82) is 0 Å². The zero-order chi connectivity index (χ0) is 13.8. The highest BCUT2D eigenvalue weighted by Gasteiger charge is 2.23. The second-order valence-electron chi connectivity index (χ2n) is 4.22. The number of hydrogen-bond acceptors (Lipinski definition) is 4. The van der Waals surface area contributed by atoms with E-state index in [0.717, 1.165) is 16.3 Å². The lowest BCUT2D eigenvalue weighted by molar-refractivity contribution is 0.474. The topological polar surface area (TPSA) is 44.3 Å². The van der Waals surface area contributed by atoms with Gasteiger partial charge in [0.15, 0.2) is 0 Å². The van der Waals surface area contributed by atoms with E-state index >= 15 is 0 Å². The SMILES string of the molecule is C=C(/C=C\C(=C/C)C1Nc2ccc(O)cc2S1)NC. The lowest BCUT2D eigenvalue weighted by Gasteiger charge is -2.11. The number of anilines is 1. The van der Waals surface area contributed by atoms with Gasteiger partial charge in [0.1, 0.15) is 11.1 Å². The number of likely N-dealkylation sites (N-methyl/N-ethyl adjacent to an activating group) is 1. The van der Waals surface area contributed by atoms with Crippen molar-refractivity contribution in [2.24, 2.45) is 0 Å². The molecule has 100 valence electrons. The summed E-state index contributed by atoms with van der Waals surface area (Å²) in [7, 11) is 1.85. The summed E-state index contributed by atoms with van der Waals surface area (Å²) < 4.78 is 0. The quantitative estimate of drug-likeness (QED) is 0.581. The van der Waals surface area contributed by atoms with Gasteiger partial charge in [-0.2, -0.15) is 0 Å². The van der Waals surface area contributed by atoms with E-state index in [1.54, 1.807) is 23.9 Å². The van der Waals surface area contributed by atoms with Crippen LogP contribution in [-0.2, 0) is 0 Å². The van der Waals surface area contributed by atoms with Crippen LogP contribution in [0.2, 0.25) is 0 Å². The van der Waals surface area contributed by atoms with E-state index in [2.05, 4.69) is 29.4 Å². The maximum Gasteiger partial charge on any atom is 0.116 e. The number of hydrogen-bond donors (Lipinski definition) is 3. The fraction of sp³-hybridized carbons (Fsp3) is 0.200. The first-order valence-electron chi connectivity index (χ1n) is 6.11. The molecule has 0 aliphatic carbocycles. The van der Waals surface area contributed by atoms with Gasteiger partial charge < -0.3 is 15.7 Å². The number of allylic oxidation sites excluding steroid dienone is 2. The number of thioether (sulfide) groups is 1. The molecule has 1 aromatic rings. The molecule has 1 aliphatic heterocycles. The maximum atomic E-state index is 9.50. The van der Waals surface area contributed by atoms with Crippen molar-refractivity contribution in [3.05, 3.63) is 54.3 Å². The molecule has 4 heteroatoms. The molecule has 2 rings (SSSR count). The average molecular weight is 274 g/mol. The van der Waals surface area contributed by atoms with Crippen molar-refractivity contribution in [3.8, 4) is 5.75 Å². The van der Waals surface area contributed by atoms with Gasteiger partial charge in [-0.25, -0.2) is 0 Å². The van der Waals surface area contributed by atoms with Gasteiger partial charge in [-0.05, 0) is 36.8 Å². The third kappa shape index (κ3) is 3.15. The smallest absolute Gasteiger partial charge is 0.116 e. The molecule has 3 nitrogen and oxygen atoms in total. The van der Waals surface area contributed by atoms with Crippen molar-refractivity contribution in [2.45, 2.75) is 17.2 Å². The fourth-order valence-electron chi connectivity index (χ4n) is 1.79. The first kappa shape index (κ1) is 13.6. The molecule has 0 radical (unpaired) electrons. The van der Waals surface area contributed by atoms with Crippen LogP contribution in [-0.4, -0.2) is 17.5 Å². The molecule has 1 unspecified atom stereocenters. The number of aromatic hydroxyl groups is 1. The van der Waals surface area contributed by atoms with Crippen molar-refractivity contribution < 1.29 is 5.11 Å². The Balaban J connectivity index is 2.12. The number of phenols is 1. The predicted molar refractivity (Wildman–Crippen MR) is 82.5 cm³/mol. The molecule has 0 saturated carbocycles. The van der Waals surface area contributed by atoms with Gasteiger partial charge in [-0.15, -0.1) is 0 Å². The van der Waals surface area contributed by atoms with Crippen LogP contribution in [0.15, 0.2) is 59.2 Å². The monoisotopic (exact) mass is 274 g/mol. The summed E-state index contributed by atoms with van der Waals surface area (Å²) in [5, 5.41) is 16.1. The van der Waals surface area contributed by atoms with E-state index in [1.165, 1.54) is 5.57 Å². The summed E-state index contributed by atoms with van der Waals surface area (Å²) in [6.45, 7) is 5.89. The molecule has 1 atom stereocenters. The normalized spacial score (nSPS) is 18.2. The van der Waals surface area contributed by atoms with E-state index in [9.17, 15) is 5.11 Å². The second kappa shape index (κ2) is 5.89. The standard InChI is InChI=1S/C15H18N2OS/c1-4-11(6-5-10(2)16-3)15-17-13-8-7-12(18)9-14(13)19-15/h4-9,15-18H,2H2,1,3H3/b6-5-,11-4+. The molecule has 0 amide bonds. The lowest BCUT2D eigenvalue weighted by Crippen LogP contribution is -2.12. The van der Waals surface area contributed by atoms with Crippen molar-refractivity contribution in [2.75, 3.05) is 12.4 Å². The van der Waals surface area contributed by atoms with E-state index in [4.69, 9.17) is 0 Å². The Morgan fingerprint density at radius 1 is 1.47 bits per heavy atom. The van der Waals surface area contributed by atoms with E-state index in [1.807, 2.05) is 26.1 Å². The molecule has 1 aromatic carbocycles. The molecule has 0 fully saturated rings. The highest BCUT2D eigenvalue weighted by atomic mass is 32.2. The van der Waals surface area contributed by atoms with Crippen molar-refractivity contribution in [1.82, 2.24) is 5.32 Å². The summed E-state index contributed by atoms with van der Waals surface area (Å²) in [6, 6.07) is 5.39. The summed E-state index contributed by atoms with van der Waals surface area (Å²) in [5.41, 5.74) is 3.11. The Labute approximate surface area is 118 Å². The number of phenolic OH excluding ortho intramolecular Hbond substituents is 1. The first-order valence-corrected chi connectivity index (χ1v) is 6.99. The fourth-order valence-corrected chi connectivity index (χ4v) is 3.03. The minimum Gasteiger partial charge on any atom is -0.508 e. The van der Waals surface area contributed by atoms with Gasteiger partial charge in [-0.1, -0.05) is 30.5 Å². The maximum absolute atomic E-state index is 9.50. The second-order valence-corrected chi connectivity index (χ2v) is 5.37. The Kier molecular flexibility index (Phi) is 4.22. The van der Waals surface area contributed by atoms with Crippen LogP contribution in [0.4, 0.5) is 5.69 Å². The van der Waals surface area contributed by atoms with Crippen LogP contribution < -0.4 is 10.6 Å². The third-order valence-electron chi connectivity index (χ3n) is 2.93. The largest absolute Gasteiger partial charge is 0.508 e. The van der Waals surface area contributed by atoms with Crippen molar-refractivity contribution >= 4 is 17.4 Å². The minimum atomic E-state index is 0.169. The zero-order valence-electron chi connectivity index (χ0n) is 11.1. The number of nitrogens with one attached hydrogen (secondary N) is 2. The average Bonchev–Trinajstić information content (AvgIpc) is 2.81. The Morgan fingerprint density at radius 3 is 2.95 bits per heavy atom. The number of benzene rings is 1. The van der Waals surface area contributed by atoms with Gasteiger partial charge in [0.2, 0.25) is 0 Å². The van der Waals surface area contributed by atoms with Crippen LogP contribution >= 0.6 is 11.8 Å². The Hall–Kier alpha value is -1.81.